The monoisotopic (exact) mass is 152 g/mol. The van der Waals surface area contributed by atoms with E-state index in [9.17, 15) is 4.79 Å². The molecule has 58 valence electrons. The summed E-state index contributed by atoms with van der Waals surface area (Å²) in [6, 6.07) is 0. The van der Waals surface area contributed by atoms with Crippen molar-refractivity contribution in [1.82, 2.24) is 9.97 Å². The van der Waals surface area contributed by atoms with Gasteiger partial charge in [-0.05, 0) is 6.92 Å². The number of hydrogen-bond donors (Lipinski definition) is 2. The van der Waals surface area contributed by atoms with E-state index in [0.717, 1.165) is 0 Å². The van der Waals surface area contributed by atoms with Crippen molar-refractivity contribution in [2.75, 3.05) is 0 Å². The lowest BCUT2D eigenvalue weighted by molar-refractivity contribution is 0.497. The summed E-state index contributed by atoms with van der Waals surface area (Å²) in [5.74, 6) is 0.0961. The minimum atomic E-state index is -0.458. The van der Waals surface area contributed by atoms with Gasteiger partial charge < -0.3 is 10.1 Å². The molecule has 0 aliphatic rings. The van der Waals surface area contributed by atoms with Crippen LogP contribution in [0.15, 0.2) is 11.0 Å². The second-order valence-electron chi connectivity index (χ2n) is 2.17. The summed E-state index contributed by atoms with van der Waals surface area (Å²) in [5, 5.41) is 9.85. The highest BCUT2D eigenvalue weighted by molar-refractivity contribution is 5.29. The average molecular weight is 152 g/mol. The molecule has 0 atom stereocenters. The minimum Gasteiger partial charge on any atom is -0.512 e. The van der Waals surface area contributed by atoms with Crippen LogP contribution in [0.3, 0.4) is 0 Å². The third-order valence-corrected chi connectivity index (χ3v) is 1.28. The number of aromatic nitrogens is 2. The van der Waals surface area contributed by atoms with Crippen molar-refractivity contribution in [3.63, 3.8) is 0 Å². The molecule has 0 bridgehead atoms. The van der Waals surface area contributed by atoms with Gasteiger partial charge in [-0.2, -0.15) is 0 Å². The van der Waals surface area contributed by atoms with E-state index in [0.29, 0.717) is 10.6 Å². The molecule has 0 unspecified atom stereocenters. The number of aliphatic hydroxyl groups is 1. The fourth-order valence-electron chi connectivity index (χ4n) is 0.742. The van der Waals surface area contributed by atoms with Gasteiger partial charge in [-0.25, -0.2) is 9.78 Å². The van der Waals surface area contributed by atoms with Crippen LogP contribution < -0.4 is 16.3 Å². The lowest BCUT2D eigenvalue weighted by Crippen LogP contribution is -2.35. The molecule has 0 saturated carbocycles. The Labute approximate surface area is 62.5 Å². The van der Waals surface area contributed by atoms with Gasteiger partial charge in [-0.15, -0.1) is 0 Å². The summed E-state index contributed by atoms with van der Waals surface area (Å²) in [6.07, 6.45) is 1.29. The Balaban J connectivity index is 3.71. The van der Waals surface area contributed by atoms with Crippen LogP contribution in [-0.2, 0) is 0 Å². The number of aliphatic hydroxyl groups excluding tert-OH is 1. The fraction of sp³-hybridized carbons (Fsp3) is 0.143. The lowest BCUT2D eigenvalue weighted by atomic mass is 10.4. The first-order valence-electron chi connectivity index (χ1n) is 3.05. The zero-order chi connectivity index (χ0) is 8.43. The second kappa shape index (κ2) is 2.57. The molecule has 0 radical (unpaired) electrons. The van der Waals surface area contributed by atoms with Crippen molar-refractivity contribution >= 4 is 12.3 Å². The molecule has 2 N–H and O–H groups in total. The van der Waals surface area contributed by atoms with E-state index in [1.807, 2.05) is 0 Å². The molecule has 4 heteroatoms. The molecular weight excluding hydrogens is 144 g/mol. The predicted molar refractivity (Wildman–Crippen MR) is 41.3 cm³/mol. The maximum atomic E-state index is 10.6. The van der Waals surface area contributed by atoms with Crippen LogP contribution in [0, 0.1) is 0 Å². The van der Waals surface area contributed by atoms with Gasteiger partial charge in [0.1, 0.15) is 0 Å². The molecule has 1 heterocycles. The molecule has 0 saturated heterocycles. The second-order valence-corrected chi connectivity index (χ2v) is 2.17. The maximum absolute atomic E-state index is 10.6. The van der Waals surface area contributed by atoms with E-state index >= 15 is 0 Å². The summed E-state index contributed by atoms with van der Waals surface area (Å²) in [7, 11) is 0. The summed E-state index contributed by atoms with van der Waals surface area (Å²) in [4.78, 5) is 16.4. The minimum absolute atomic E-state index is 0.0961. The summed E-state index contributed by atoms with van der Waals surface area (Å²) >= 11 is 0. The van der Waals surface area contributed by atoms with Gasteiger partial charge in [-0.1, -0.05) is 6.58 Å². The first-order valence-corrected chi connectivity index (χ1v) is 3.05. The standard InChI is InChI=1S/C7H8N2O2/c1-4-6(5(2)10)3-8-7(11)9-4/h3,10H,1H2,2H3,(H,9,11)/b6-5+. The summed E-state index contributed by atoms with van der Waals surface area (Å²) in [6.45, 7) is 5.03. The number of rotatable bonds is 0. The molecule has 1 aromatic heterocycles. The topological polar surface area (TPSA) is 66.0 Å². The molecule has 11 heavy (non-hydrogen) atoms. The van der Waals surface area contributed by atoms with E-state index in [-0.39, 0.29) is 5.76 Å². The Bertz CT molecular complexity index is 415. The molecule has 0 amide bonds. The zero-order valence-corrected chi connectivity index (χ0v) is 6.09. The van der Waals surface area contributed by atoms with Gasteiger partial charge in [0.05, 0.1) is 11.0 Å². The van der Waals surface area contributed by atoms with Crippen molar-refractivity contribution in [3.05, 3.63) is 27.2 Å². The number of nitrogens with zero attached hydrogens (tertiary/aromatic N) is 1. The van der Waals surface area contributed by atoms with E-state index in [1.165, 1.54) is 13.1 Å². The Morgan fingerprint density at radius 3 is 2.91 bits per heavy atom. The number of H-pyrrole nitrogens is 1. The molecule has 0 aliphatic heterocycles. The lowest BCUT2D eigenvalue weighted by Gasteiger charge is -1.88. The van der Waals surface area contributed by atoms with Crippen molar-refractivity contribution in [1.29, 1.82) is 0 Å². The third-order valence-electron chi connectivity index (χ3n) is 1.28. The average Bonchev–Trinajstić information content (AvgIpc) is 1.85. The number of hydrogen-bond acceptors (Lipinski definition) is 3. The molecule has 4 nitrogen and oxygen atoms in total. The smallest absolute Gasteiger partial charge is 0.345 e. The SMILES string of the molecule is C=c1[nH]c(=O)nc/c1=C(/C)O. The van der Waals surface area contributed by atoms with E-state index in [1.54, 1.807) is 0 Å². The van der Waals surface area contributed by atoms with Gasteiger partial charge in [-0.3, -0.25) is 0 Å². The number of aromatic amines is 1. The molecule has 0 fully saturated rings. The van der Waals surface area contributed by atoms with Crippen molar-refractivity contribution in [2.24, 2.45) is 0 Å². The molecule has 1 aromatic rings. The molecule has 0 aliphatic carbocycles. The predicted octanol–water partition coefficient (Wildman–Crippen LogP) is -1.13. The highest BCUT2D eigenvalue weighted by Gasteiger charge is 1.88. The summed E-state index contributed by atoms with van der Waals surface area (Å²) < 4.78 is 0. The normalized spacial score (nSPS) is 12.8. The van der Waals surface area contributed by atoms with Crippen LogP contribution in [-0.4, -0.2) is 15.1 Å². The van der Waals surface area contributed by atoms with E-state index in [2.05, 4.69) is 16.5 Å². The van der Waals surface area contributed by atoms with E-state index in [4.69, 9.17) is 5.11 Å². The molecular formula is C7H8N2O2. The van der Waals surface area contributed by atoms with Gasteiger partial charge in [0, 0.05) is 11.5 Å². The van der Waals surface area contributed by atoms with Crippen molar-refractivity contribution < 1.29 is 5.11 Å². The van der Waals surface area contributed by atoms with Crippen LogP contribution >= 0.6 is 0 Å². The number of nitrogens with one attached hydrogen (secondary N) is 1. The highest BCUT2D eigenvalue weighted by Crippen LogP contribution is 1.72. The Hall–Kier alpha value is -1.58. The molecule has 1 rings (SSSR count). The largest absolute Gasteiger partial charge is 0.512 e. The zero-order valence-electron chi connectivity index (χ0n) is 6.09. The molecule has 0 spiro atoms. The van der Waals surface area contributed by atoms with E-state index < -0.39 is 5.69 Å². The quantitative estimate of drug-likeness (QED) is 0.494. The molecule has 0 aromatic carbocycles. The Morgan fingerprint density at radius 1 is 1.82 bits per heavy atom. The van der Waals surface area contributed by atoms with Gasteiger partial charge in [0.25, 0.3) is 0 Å². The first kappa shape index (κ1) is 7.53. The van der Waals surface area contributed by atoms with Crippen LogP contribution in [0.25, 0.3) is 12.3 Å². The third kappa shape index (κ3) is 1.46. The fourth-order valence-corrected chi connectivity index (χ4v) is 0.742. The Morgan fingerprint density at radius 2 is 2.45 bits per heavy atom. The Kier molecular flexibility index (Phi) is 1.76. The first-order chi connectivity index (χ1) is 5.11. The summed E-state index contributed by atoms with van der Waals surface area (Å²) in [5.41, 5.74) is -0.458. The van der Waals surface area contributed by atoms with Gasteiger partial charge in [0.15, 0.2) is 0 Å². The van der Waals surface area contributed by atoms with Gasteiger partial charge >= 0.3 is 5.69 Å². The van der Waals surface area contributed by atoms with Crippen molar-refractivity contribution in [3.8, 4) is 0 Å². The van der Waals surface area contributed by atoms with Crippen LogP contribution in [0.1, 0.15) is 6.92 Å². The van der Waals surface area contributed by atoms with Gasteiger partial charge in [0.2, 0.25) is 0 Å². The van der Waals surface area contributed by atoms with Crippen molar-refractivity contribution in [2.45, 2.75) is 6.92 Å². The van der Waals surface area contributed by atoms with Crippen LogP contribution in [0.2, 0.25) is 0 Å². The van der Waals surface area contributed by atoms with Crippen LogP contribution in [0.4, 0.5) is 0 Å². The van der Waals surface area contributed by atoms with Crippen LogP contribution in [0.5, 0.6) is 0 Å². The highest BCUT2D eigenvalue weighted by atomic mass is 16.3. The maximum Gasteiger partial charge on any atom is 0.345 e.